The Morgan fingerprint density at radius 2 is 2.14 bits per heavy atom. The summed E-state index contributed by atoms with van der Waals surface area (Å²) in [6, 6.07) is 5.50. The Bertz CT molecular complexity index is 799. The van der Waals surface area contributed by atoms with Crippen LogP contribution in [0.3, 0.4) is 0 Å². The van der Waals surface area contributed by atoms with E-state index in [9.17, 15) is 13.2 Å². The van der Waals surface area contributed by atoms with E-state index < -0.39 is 9.84 Å². The predicted molar refractivity (Wildman–Crippen MR) is 79.7 cm³/mol. The molecule has 0 saturated carbocycles. The average Bonchev–Trinajstić information content (AvgIpc) is 3.04. The van der Waals surface area contributed by atoms with Crippen LogP contribution < -0.4 is 0 Å². The van der Waals surface area contributed by atoms with Crippen LogP contribution in [0, 0.1) is 5.92 Å². The zero-order valence-electron chi connectivity index (χ0n) is 12.2. The molecule has 0 unspecified atom stereocenters. The molecule has 2 aromatic rings. The van der Waals surface area contributed by atoms with E-state index in [4.69, 9.17) is 0 Å². The molecule has 1 aromatic heterocycles. The minimum Gasteiger partial charge on any atom is -0.341 e. The van der Waals surface area contributed by atoms with Gasteiger partial charge in [-0.3, -0.25) is 4.79 Å². The van der Waals surface area contributed by atoms with E-state index in [1.54, 1.807) is 18.0 Å². The monoisotopic (exact) mass is 323 g/mol. The van der Waals surface area contributed by atoms with Crippen molar-refractivity contribution in [1.82, 2.24) is 15.2 Å². The van der Waals surface area contributed by atoms with Crippen LogP contribution in [0.2, 0.25) is 0 Å². The van der Waals surface area contributed by atoms with Crippen LogP contribution in [0.1, 0.15) is 18.4 Å². The van der Waals surface area contributed by atoms with Gasteiger partial charge in [0.2, 0.25) is 5.91 Å². The molecule has 1 aromatic carbocycles. The Labute approximate surface area is 128 Å². The second kappa shape index (κ2) is 5.68. The Kier molecular flexibility index (Phi) is 3.86. The lowest BCUT2D eigenvalue weighted by molar-refractivity contribution is -0.131. The Morgan fingerprint density at radius 3 is 2.86 bits per heavy atom. The molecule has 1 atom stereocenters. The number of aromatic nitrogens is 2. The normalized spacial score (nSPS) is 20.3. The molecule has 1 saturated heterocycles. The van der Waals surface area contributed by atoms with Crippen molar-refractivity contribution in [2.45, 2.75) is 19.4 Å². The summed E-state index contributed by atoms with van der Waals surface area (Å²) in [5, 5.41) is 7.51. The van der Waals surface area contributed by atoms with Crippen molar-refractivity contribution >= 4 is 26.8 Å². The maximum Gasteiger partial charge on any atom is 0.222 e. The molecular formula is C14H17N3O4S. The number of benzene rings is 1. The van der Waals surface area contributed by atoms with Crippen molar-refractivity contribution in [2.75, 3.05) is 18.6 Å². The second-order valence-electron chi connectivity index (χ2n) is 5.81. The van der Waals surface area contributed by atoms with Gasteiger partial charge in [-0.15, -0.1) is 0 Å². The van der Waals surface area contributed by atoms with E-state index in [-0.39, 0.29) is 29.8 Å². The van der Waals surface area contributed by atoms with Gasteiger partial charge in [0, 0.05) is 20.0 Å². The first-order chi connectivity index (χ1) is 10.4. The fourth-order valence-corrected chi connectivity index (χ4v) is 4.59. The van der Waals surface area contributed by atoms with Gasteiger partial charge in [0.25, 0.3) is 0 Å². The lowest BCUT2D eigenvalue weighted by Gasteiger charge is -2.19. The highest BCUT2D eigenvalue weighted by Crippen LogP contribution is 2.22. The van der Waals surface area contributed by atoms with Crippen LogP contribution in [0.15, 0.2) is 22.8 Å². The highest BCUT2D eigenvalue weighted by Gasteiger charge is 2.30. The van der Waals surface area contributed by atoms with Gasteiger partial charge in [0.1, 0.15) is 11.0 Å². The number of hydrogen-bond donors (Lipinski definition) is 0. The fourth-order valence-electron chi connectivity index (χ4n) is 2.72. The van der Waals surface area contributed by atoms with Crippen LogP contribution in [0.5, 0.6) is 0 Å². The van der Waals surface area contributed by atoms with Gasteiger partial charge in [-0.25, -0.2) is 13.0 Å². The fraction of sp³-hybridized carbons (Fsp3) is 0.500. The van der Waals surface area contributed by atoms with E-state index in [0.29, 0.717) is 24.0 Å². The zero-order valence-corrected chi connectivity index (χ0v) is 13.0. The molecule has 0 bridgehead atoms. The van der Waals surface area contributed by atoms with Crippen molar-refractivity contribution in [1.29, 1.82) is 0 Å². The van der Waals surface area contributed by atoms with E-state index >= 15 is 0 Å². The summed E-state index contributed by atoms with van der Waals surface area (Å²) in [4.78, 5) is 13.8. The average molecular weight is 323 g/mol. The quantitative estimate of drug-likeness (QED) is 0.833. The minimum absolute atomic E-state index is 0.0412. The van der Waals surface area contributed by atoms with E-state index in [1.807, 2.05) is 12.1 Å². The summed E-state index contributed by atoms with van der Waals surface area (Å²) in [6.07, 6.45) is 0.863. The first-order valence-corrected chi connectivity index (χ1v) is 8.91. The number of amides is 1. The number of nitrogens with zero attached hydrogens (tertiary/aromatic N) is 3. The van der Waals surface area contributed by atoms with Crippen LogP contribution in [-0.2, 0) is 21.2 Å². The summed E-state index contributed by atoms with van der Waals surface area (Å²) in [5.41, 5.74) is 2.26. The molecule has 1 amide bonds. The lowest BCUT2D eigenvalue weighted by Crippen LogP contribution is -2.28. The van der Waals surface area contributed by atoms with Gasteiger partial charge in [0.15, 0.2) is 9.84 Å². The number of sulfone groups is 1. The highest BCUT2D eigenvalue weighted by molar-refractivity contribution is 7.91. The molecule has 0 N–H and O–H groups in total. The Balaban J connectivity index is 1.61. The summed E-state index contributed by atoms with van der Waals surface area (Å²) in [5.74, 6) is 0.232. The smallest absolute Gasteiger partial charge is 0.222 e. The molecule has 0 aliphatic carbocycles. The standard InChI is InChI=1S/C14H17N3O4S/c1-17(14(18)7-11-4-5-22(19,20)9-11)8-10-2-3-12-13(6-10)16-21-15-12/h2-3,6,11H,4-5,7-9H2,1H3/t11-/m1/s1. The maximum atomic E-state index is 12.2. The lowest BCUT2D eigenvalue weighted by atomic mass is 10.0. The third-order valence-electron chi connectivity index (χ3n) is 3.95. The Hall–Kier alpha value is -1.96. The largest absolute Gasteiger partial charge is 0.341 e. The molecule has 1 aliphatic rings. The van der Waals surface area contributed by atoms with Crippen molar-refractivity contribution in [3.63, 3.8) is 0 Å². The first-order valence-electron chi connectivity index (χ1n) is 7.08. The van der Waals surface area contributed by atoms with Gasteiger partial charge in [-0.1, -0.05) is 6.07 Å². The summed E-state index contributed by atoms with van der Waals surface area (Å²) in [7, 11) is -1.22. The van der Waals surface area contributed by atoms with Gasteiger partial charge in [-0.05, 0) is 40.3 Å². The van der Waals surface area contributed by atoms with E-state index in [2.05, 4.69) is 14.9 Å². The number of carbonyl (C=O) groups excluding carboxylic acids is 1. The molecule has 8 heteroatoms. The molecular weight excluding hydrogens is 306 g/mol. The number of fused-ring (bicyclic) bond motifs is 1. The second-order valence-corrected chi connectivity index (χ2v) is 8.04. The van der Waals surface area contributed by atoms with Crippen LogP contribution >= 0.6 is 0 Å². The number of carbonyl (C=O) groups is 1. The highest BCUT2D eigenvalue weighted by atomic mass is 32.2. The van der Waals surface area contributed by atoms with Gasteiger partial charge in [0.05, 0.1) is 11.5 Å². The number of hydrogen-bond acceptors (Lipinski definition) is 6. The molecule has 7 nitrogen and oxygen atoms in total. The van der Waals surface area contributed by atoms with E-state index in [0.717, 1.165) is 5.56 Å². The van der Waals surface area contributed by atoms with Crippen LogP contribution in [0.4, 0.5) is 0 Å². The summed E-state index contributed by atoms with van der Waals surface area (Å²) < 4.78 is 27.5. The molecule has 22 heavy (non-hydrogen) atoms. The van der Waals surface area contributed by atoms with Crippen molar-refractivity contribution in [3.05, 3.63) is 23.8 Å². The molecule has 1 fully saturated rings. The maximum absolute atomic E-state index is 12.2. The topological polar surface area (TPSA) is 93.4 Å². The van der Waals surface area contributed by atoms with Crippen molar-refractivity contribution < 1.29 is 17.8 Å². The van der Waals surface area contributed by atoms with Gasteiger partial charge in [-0.2, -0.15) is 0 Å². The third kappa shape index (κ3) is 3.27. The zero-order chi connectivity index (χ0) is 15.7. The molecule has 2 heterocycles. The first kappa shape index (κ1) is 15.0. The molecule has 1 aliphatic heterocycles. The SMILES string of the molecule is CN(Cc1ccc2nonc2c1)C(=O)C[C@H]1CCS(=O)(=O)C1. The van der Waals surface area contributed by atoms with Crippen LogP contribution in [-0.4, -0.2) is 48.1 Å². The summed E-state index contributed by atoms with van der Waals surface area (Å²) >= 11 is 0. The van der Waals surface area contributed by atoms with Gasteiger partial charge < -0.3 is 4.90 Å². The third-order valence-corrected chi connectivity index (χ3v) is 5.79. The predicted octanol–water partition coefficient (Wildman–Crippen LogP) is 1.01. The van der Waals surface area contributed by atoms with Crippen molar-refractivity contribution in [3.8, 4) is 0 Å². The minimum atomic E-state index is -2.94. The van der Waals surface area contributed by atoms with Crippen molar-refractivity contribution in [2.24, 2.45) is 5.92 Å². The van der Waals surface area contributed by atoms with E-state index in [1.165, 1.54) is 0 Å². The Morgan fingerprint density at radius 1 is 1.36 bits per heavy atom. The molecule has 3 rings (SSSR count). The molecule has 118 valence electrons. The van der Waals surface area contributed by atoms with Gasteiger partial charge >= 0.3 is 0 Å². The van der Waals surface area contributed by atoms with Crippen LogP contribution in [0.25, 0.3) is 11.0 Å². The number of rotatable bonds is 4. The molecule has 0 radical (unpaired) electrons. The summed E-state index contributed by atoms with van der Waals surface area (Å²) in [6.45, 7) is 0.446. The molecule has 0 spiro atoms.